The van der Waals surface area contributed by atoms with Gasteiger partial charge in [-0.15, -0.1) is 0 Å². The van der Waals surface area contributed by atoms with Gasteiger partial charge >= 0.3 is 0 Å². The zero-order valence-corrected chi connectivity index (χ0v) is 13.7. The Bertz CT molecular complexity index is 317. The second-order valence-electron chi connectivity index (χ2n) is 7.35. The van der Waals surface area contributed by atoms with Gasteiger partial charge < -0.3 is 17.1 Å². The highest BCUT2D eigenvalue weighted by molar-refractivity contribution is 5.12. The standard InChI is InChI=1S/C18H33O2/c1-13(2)7-6-9-18(5,20)10-8-16-11-14(3)15(4)17(19)12-16/h12-15,17,19-20H,1,6-11H2,2-5H3/q-1. The summed E-state index contributed by atoms with van der Waals surface area (Å²) in [5.41, 5.74) is 0.724. The third-order valence-corrected chi connectivity index (χ3v) is 4.82. The largest absolute Gasteiger partial charge is 0.390 e. The number of hydrogen-bond acceptors (Lipinski definition) is 2. The fourth-order valence-corrected chi connectivity index (χ4v) is 2.97. The van der Waals surface area contributed by atoms with E-state index in [9.17, 15) is 10.2 Å². The summed E-state index contributed by atoms with van der Waals surface area (Å²) in [6.07, 6.45) is 7.40. The Balaban J connectivity index is 2.40. The van der Waals surface area contributed by atoms with Gasteiger partial charge in [0.1, 0.15) is 0 Å². The van der Waals surface area contributed by atoms with Gasteiger partial charge in [-0.1, -0.05) is 45.3 Å². The number of aliphatic hydroxyl groups excluding tert-OH is 1. The highest BCUT2D eigenvalue weighted by Gasteiger charge is 2.27. The van der Waals surface area contributed by atoms with Crippen LogP contribution in [0.4, 0.5) is 0 Å². The van der Waals surface area contributed by atoms with E-state index in [4.69, 9.17) is 0 Å². The molecule has 0 aliphatic heterocycles. The fraction of sp³-hybridized carbons (Fsp3) is 0.833. The first kappa shape index (κ1) is 17.7. The Hall–Kier alpha value is -0.340. The van der Waals surface area contributed by atoms with Crippen LogP contribution in [0.2, 0.25) is 0 Å². The van der Waals surface area contributed by atoms with E-state index in [-0.39, 0.29) is 6.10 Å². The quantitative estimate of drug-likeness (QED) is 0.544. The molecule has 1 aliphatic rings. The molecule has 2 nitrogen and oxygen atoms in total. The molecule has 118 valence electrons. The molecule has 0 aromatic rings. The Kier molecular flexibility index (Phi) is 6.74. The number of aliphatic hydroxyl groups is 2. The van der Waals surface area contributed by atoms with Crippen LogP contribution in [-0.2, 0) is 0 Å². The molecule has 5 atom stereocenters. The molecule has 0 heterocycles. The summed E-state index contributed by atoms with van der Waals surface area (Å²) in [6.45, 7) is 12.3. The lowest BCUT2D eigenvalue weighted by Gasteiger charge is -2.31. The Morgan fingerprint density at radius 3 is 2.60 bits per heavy atom. The van der Waals surface area contributed by atoms with Crippen LogP contribution in [0.15, 0.2) is 11.6 Å². The van der Waals surface area contributed by atoms with Crippen LogP contribution in [0, 0.1) is 24.7 Å². The first-order valence-corrected chi connectivity index (χ1v) is 8.14. The lowest BCUT2D eigenvalue weighted by atomic mass is 9.78. The molecule has 0 spiro atoms. The molecule has 1 aliphatic carbocycles. The second-order valence-corrected chi connectivity index (χ2v) is 7.35. The average Bonchev–Trinajstić information content (AvgIpc) is 2.32. The normalized spacial score (nSPS) is 31.6. The van der Waals surface area contributed by atoms with Crippen LogP contribution < -0.4 is 0 Å². The van der Waals surface area contributed by atoms with Crippen molar-refractivity contribution in [3.8, 4) is 0 Å². The van der Waals surface area contributed by atoms with Crippen molar-refractivity contribution in [2.75, 3.05) is 0 Å². The monoisotopic (exact) mass is 281 g/mol. The van der Waals surface area contributed by atoms with Crippen LogP contribution in [0.25, 0.3) is 0 Å². The van der Waals surface area contributed by atoms with E-state index in [0.717, 1.165) is 38.5 Å². The molecular formula is C18H33O2-. The van der Waals surface area contributed by atoms with Crippen LogP contribution in [0.3, 0.4) is 0 Å². The molecule has 0 bridgehead atoms. The summed E-state index contributed by atoms with van der Waals surface area (Å²) in [5, 5.41) is 20.4. The minimum absolute atomic E-state index is 0.314. The zero-order chi connectivity index (χ0) is 15.3. The van der Waals surface area contributed by atoms with Gasteiger partial charge in [0, 0.05) is 0 Å². The average molecular weight is 281 g/mol. The van der Waals surface area contributed by atoms with E-state index < -0.39 is 5.60 Å². The minimum Gasteiger partial charge on any atom is -0.390 e. The summed E-state index contributed by atoms with van der Waals surface area (Å²) >= 11 is 0. The smallest absolute Gasteiger partial charge is 0.0751 e. The van der Waals surface area contributed by atoms with Crippen molar-refractivity contribution in [2.24, 2.45) is 17.8 Å². The summed E-state index contributed by atoms with van der Waals surface area (Å²) in [6, 6.07) is 0. The molecular weight excluding hydrogens is 248 g/mol. The van der Waals surface area contributed by atoms with Crippen LogP contribution in [0.5, 0.6) is 0 Å². The third kappa shape index (κ3) is 5.97. The van der Waals surface area contributed by atoms with E-state index in [0.29, 0.717) is 17.8 Å². The second kappa shape index (κ2) is 7.61. The topological polar surface area (TPSA) is 40.5 Å². The highest BCUT2D eigenvalue weighted by Crippen LogP contribution is 2.33. The molecule has 20 heavy (non-hydrogen) atoms. The summed E-state index contributed by atoms with van der Waals surface area (Å²) < 4.78 is 0. The molecule has 0 saturated heterocycles. The van der Waals surface area contributed by atoms with Crippen LogP contribution in [0.1, 0.15) is 66.2 Å². The number of allylic oxidation sites excluding steroid dienone is 1. The molecule has 1 rings (SSSR count). The minimum atomic E-state index is -0.590. The van der Waals surface area contributed by atoms with E-state index in [1.54, 1.807) is 0 Å². The SMILES string of the molecule is [CH2-]C(C)CCCC(C)(O)CCC1=CC(O)C(C)C(C)C1. The summed E-state index contributed by atoms with van der Waals surface area (Å²) in [5.74, 6) is 1.34. The van der Waals surface area contributed by atoms with Crippen molar-refractivity contribution in [1.29, 1.82) is 0 Å². The molecule has 0 saturated carbocycles. The predicted molar refractivity (Wildman–Crippen MR) is 85.3 cm³/mol. The van der Waals surface area contributed by atoms with Gasteiger partial charge in [-0.05, 0) is 44.4 Å². The van der Waals surface area contributed by atoms with Gasteiger partial charge in [-0.2, -0.15) is 5.92 Å². The maximum Gasteiger partial charge on any atom is 0.0751 e. The van der Waals surface area contributed by atoms with Gasteiger partial charge in [0.25, 0.3) is 0 Å². The maximum atomic E-state index is 10.4. The Labute approximate surface area is 125 Å². The molecule has 2 N–H and O–H groups in total. The highest BCUT2D eigenvalue weighted by atomic mass is 16.3. The fourth-order valence-electron chi connectivity index (χ4n) is 2.97. The predicted octanol–water partition coefficient (Wildman–Crippen LogP) is 4.12. The zero-order valence-electron chi connectivity index (χ0n) is 13.7. The third-order valence-electron chi connectivity index (χ3n) is 4.82. The van der Waals surface area contributed by atoms with E-state index in [1.165, 1.54) is 5.57 Å². The van der Waals surface area contributed by atoms with Crippen molar-refractivity contribution in [3.63, 3.8) is 0 Å². The Morgan fingerprint density at radius 1 is 1.40 bits per heavy atom. The van der Waals surface area contributed by atoms with Crippen molar-refractivity contribution in [3.05, 3.63) is 18.6 Å². The van der Waals surface area contributed by atoms with Gasteiger partial charge in [0.05, 0.1) is 11.7 Å². The summed E-state index contributed by atoms with van der Waals surface area (Å²) in [7, 11) is 0. The first-order chi connectivity index (χ1) is 9.21. The first-order valence-electron chi connectivity index (χ1n) is 8.14. The van der Waals surface area contributed by atoms with Gasteiger partial charge in [-0.25, -0.2) is 0 Å². The summed E-state index contributed by atoms with van der Waals surface area (Å²) in [4.78, 5) is 0. The van der Waals surface area contributed by atoms with Gasteiger partial charge in [0.2, 0.25) is 0 Å². The van der Waals surface area contributed by atoms with Crippen molar-refractivity contribution in [2.45, 2.75) is 77.9 Å². The van der Waals surface area contributed by atoms with Crippen molar-refractivity contribution < 1.29 is 10.2 Å². The maximum absolute atomic E-state index is 10.4. The lowest BCUT2D eigenvalue weighted by Crippen LogP contribution is -2.28. The molecule has 2 heteroatoms. The molecule has 5 unspecified atom stereocenters. The van der Waals surface area contributed by atoms with Crippen LogP contribution >= 0.6 is 0 Å². The van der Waals surface area contributed by atoms with E-state index in [1.807, 2.05) is 13.0 Å². The van der Waals surface area contributed by atoms with Crippen molar-refractivity contribution in [1.82, 2.24) is 0 Å². The van der Waals surface area contributed by atoms with Gasteiger partial charge in [-0.3, -0.25) is 0 Å². The number of rotatable bonds is 7. The Morgan fingerprint density at radius 2 is 2.05 bits per heavy atom. The molecule has 0 amide bonds. The van der Waals surface area contributed by atoms with Gasteiger partial charge in [0.15, 0.2) is 0 Å². The van der Waals surface area contributed by atoms with Crippen molar-refractivity contribution >= 4 is 0 Å². The molecule has 0 fully saturated rings. The van der Waals surface area contributed by atoms with E-state index >= 15 is 0 Å². The lowest BCUT2D eigenvalue weighted by molar-refractivity contribution is 0.0378. The number of hydrogen-bond donors (Lipinski definition) is 2. The molecule has 0 aromatic heterocycles. The van der Waals surface area contributed by atoms with E-state index in [2.05, 4.69) is 27.7 Å². The molecule has 0 aromatic carbocycles. The van der Waals surface area contributed by atoms with Crippen LogP contribution in [-0.4, -0.2) is 21.9 Å². The molecule has 0 radical (unpaired) electrons.